The Morgan fingerprint density at radius 2 is 0.889 bits per heavy atom. The van der Waals surface area contributed by atoms with Gasteiger partial charge in [-0.1, -0.05) is 153 Å². The quantitative estimate of drug-likeness (QED) is 0.116. The van der Waals surface area contributed by atoms with Crippen molar-refractivity contribution in [2.45, 2.75) is 120 Å². The summed E-state index contributed by atoms with van der Waals surface area (Å²) in [5, 5.41) is 5.56. The van der Waals surface area contributed by atoms with E-state index in [1.807, 2.05) is 0 Å². The molecule has 6 rings (SSSR count). The van der Waals surface area contributed by atoms with Crippen molar-refractivity contribution in [3.8, 4) is 22.3 Å². The van der Waals surface area contributed by atoms with E-state index in [4.69, 9.17) is 17.0 Å². The maximum absolute atomic E-state index is 4.93. The third-order valence-corrected chi connectivity index (χ3v) is 9.63. The fourth-order valence-electron chi connectivity index (χ4n) is 7.40. The zero-order valence-electron chi connectivity index (χ0n) is 35.6. The summed E-state index contributed by atoms with van der Waals surface area (Å²) in [4.78, 5) is 0. The molecule has 0 saturated heterocycles. The van der Waals surface area contributed by atoms with Gasteiger partial charge in [-0.15, -0.1) is 69.1 Å². The normalized spacial score (nSPS) is 11.4. The van der Waals surface area contributed by atoms with E-state index in [0.717, 1.165) is 22.4 Å². The molecule has 6 aromatic carbocycles. The molecule has 0 unspecified atom stereocenters. The van der Waals surface area contributed by atoms with Crippen molar-refractivity contribution in [2.75, 3.05) is 0 Å². The summed E-state index contributed by atoms with van der Waals surface area (Å²) in [5.41, 5.74) is 14.3. The molecule has 0 spiro atoms. The Kier molecular flexibility index (Phi) is 17.8. The molecule has 0 aromatic heterocycles. The topological polar surface area (TPSA) is 0 Å². The van der Waals surface area contributed by atoms with E-state index >= 15 is 0 Å². The molecule has 0 N–H and O–H groups in total. The third-order valence-electron chi connectivity index (χ3n) is 9.63. The van der Waals surface area contributed by atoms with Crippen LogP contribution in [0.3, 0.4) is 0 Å². The molecule has 0 fully saturated rings. The standard InChI is InChI=1S/2C24H29.C2H6Si.2ClH.Zr/c2*1-16(2)13-18-14-19-11-12-22(24(4,5)6)23(21(19)15-18)20-10-8-7-9-17(20)3;1-3-2;;;/h2*7-12,14-16H,13H2,1-6H3;1-2H3;2*1H;/q2*-1;;;;+4/p-2. The molecule has 0 heterocycles. The molecule has 0 aliphatic carbocycles. The number of benzene rings is 4. The molecular formula is C50H64Cl2SiZr. The maximum atomic E-state index is 4.93. The van der Waals surface area contributed by atoms with Crippen LogP contribution in [0.1, 0.15) is 103 Å². The summed E-state index contributed by atoms with van der Waals surface area (Å²) in [6, 6.07) is 36.5. The van der Waals surface area contributed by atoms with E-state index in [-0.39, 0.29) is 10.8 Å². The van der Waals surface area contributed by atoms with Gasteiger partial charge in [-0.05, 0) is 71.6 Å². The molecule has 0 nitrogen and oxygen atoms in total. The molecule has 0 bridgehead atoms. The van der Waals surface area contributed by atoms with E-state index in [1.54, 1.807) is 0 Å². The first-order valence-electron chi connectivity index (χ1n) is 19.5. The van der Waals surface area contributed by atoms with E-state index in [9.17, 15) is 0 Å². The number of rotatable bonds is 6. The average molecular weight is 855 g/mol. The van der Waals surface area contributed by atoms with Crippen molar-refractivity contribution < 1.29 is 20.8 Å². The molecule has 0 aliphatic heterocycles. The van der Waals surface area contributed by atoms with E-state index < -0.39 is 20.8 Å². The van der Waals surface area contributed by atoms with Crippen LogP contribution in [0.2, 0.25) is 13.1 Å². The van der Waals surface area contributed by atoms with Crippen molar-refractivity contribution in [1.29, 1.82) is 0 Å². The second-order valence-electron chi connectivity index (χ2n) is 17.6. The molecule has 6 aromatic rings. The second kappa shape index (κ2) is 20.8. The molecule has 2 radical (unpaired) electrons. The van der Waals surface area contributed by atoms with Gasteiger partial charge in [-0.3, -0.25) is 0 Å². The van der Waals surface area contributed by atoms with Gasteiger partial charge in [0.1, 0.15) is 0 Å². The first-order chi connectivity index (χ1) is 25.4. The fourth-order valence-corrected chi connectivity index (χ4v) is 7.40. The number of hydrogen-bond donors (Lipinski definition) is 0. The number of fused-ring (bicyclic) bond motifs is 2. The summed E-state index contributed by atoms with van der Waals surface area (Å²) >= 11 is -0.826. The first kappa shape index (κ1) is 46.2. The summed E-state index contributed by atoms with van der Waals surface area (Å²) in [6.45, 7) is 31.8. The van der Waals surface area contributed by atoms with Gasteiger partial charge < -0.3 is 0 Å². The van der Waals surface area contributed by atoms with Gasteiger partial charge in [-0.2, -0.15) is 12.1 Å². The molecule has 0 atom stereocenters. The van der Waals surface area contributed by atoms with Crippen LogP contribution in [0.4, 0.5) is 0 Å². The average Bonchev–Trinajstić information content (AvgIpc) is 3.67. The first-order valence-corrected chi connectivity index (χ1v) is 27.8. The van der Waals surface area contributed by atoms with Crippen LogP contribution in [0.25, 0.3) is 43.8 Å². The zero-order valence-corrected chi connectivity index (χ0v) is 40.5. The van der Waals surface area contributed by atoms with Crippen LogP contribution in [0.5, 0.6) is 0 Å². The van der Waals surface area contributed by atoms with E-state index in [2.05, 4.69) is 193 Å². The van der Waals surface area contributed by atoms with Crippen LogP contribution < -0.4 is 0 Å². The predicted octanol–water partition coefficient (Wildman–Crippen LogP) is 16.2. The molecule has 54 heavy (non-hydrogen) atoms. The van der Waals surface area contributed by atoms with Gasteiger partial charge in [0.05, 0.1) is 0 Å². The van der Waals surface area contributed by atoms with Gasteiger partial charge in [0, 0.05) is 9.52 Å². The van der Waals surface area contributed by atoms with Crippen molar-refractivity contribution >= 4 is 48.1 Å². The van der Waals surface area contributed by atoms with Gasteiger partial charge in [0.15, 0.2) is 0 Å². The third kappa shape index (κ3) is 12.4. The number of aryl methyl sites for hydroxylation is 2. The van der Waals surface area contributed by atoms with Gasteiger partial charge >= 0.3 is 37.9 Å². The van der Waals surface area contributed by atoms with Crippen molar-refractivity contribution in [3.05, 3.63) is 130 Å². The summed E-state index contributed by atoms with van der Waals surface area (Å²) in [5.74, 6) is 1.37. The molecular weight excluding hydrogens is 791 g/mol. The number of hydrogen-bond acceptors (Lipinski definition) is 0. The Labute approximate surface area is 350 Å². The van der Waals surface area contributed by atoms with Gasteiger partial charge in [0.25, 0.3) is 0 Å². The van der Waals surface area contributed by atoms with Crippen LogP contribution in [-0.4, -0.2) is 9.52 Å². The molecule has 286 valence electrons. The monoisotopic (exact) mass is 852 g/mol. The summed E-state index contributed by atoms with van der Waals surface area (Å²) < 4.78 is 0. The van der Waals surface area contributed by atoms with E-state index in [1.165, 1.54) is 77.2 Å². The Hall–Kier alpha value is -2.22. The van der Waals surface area contributed by atoms with Gasteiger partial charge in [0.2, 0.25) is 0 Å². The van der Waals surface area contributed by atoms with Gasteiger partial charge in [-0.25, -0.2) is 0 Å². The second-order valence-corrected chi connectivity index (χ2v) is 22.3. The van der Waals surface area contributed by atoms with E-state index in [0.29, 0.717) is 11.8 Å². The zero-order chi connectivity index (χ0) is 40.4. The fraction of sp³-hybridized carbons (Fsp3) is 0.400. The van der Waals surface area contributed by atoms with Crippen molar-refractivity contribution in [2.24, 2.45) is 11.8 Å². The molecule has 0 amide bonds. The van der Waals surface area contributed by atoms with Crippen molar-refractivity contribution in [1.82, 2.24) is 0 Å². The Bertz CT molecular complexity index is 1910. The van der Waals surface area contributed by atoms with Crippen molar-refractivity contribution in [3.63, 3.8) is 0 Å². The minimum atomic E-state index is -0.826. The summed E-state index contributed by atoms with van der Waals surface area (Å²) in [7, 11) is 11.0. The summed E-state index contributed by atoms with van der Waals surface area (Å²) in [6.07, 6.45) is 2.29. The SMILES string of the molecule is C[Si]C.Cc1ccccc1-c1c(C(C)(C)C)ccc2[cH-]c(CC(C)C)cc12.Cc1ccccc1-c1c(C(C)(C)C)ccc2[cH-]c(CC(C)C)cc12.[Cl][Zr+2][Cl]. The minimum absolute atomic E-state index is 0.126. The molecule has 4 heteroatoms. The Balaban J connectivity index is 0.000000254. The Morgan fingerprint density at radius 1 is 0.574 bits per heavy atom. The van der Waals surface area contributed by atoms with Crippen LogP contribution >= 0.6 is 17.0 Å². The molecule has 0 aliphatic rings. The van der Waals surface area contributed by atoms with Crippen LogP contribution in [-0.2, 0) is 44.5 Å². The van der Waals surface area contributed by atoms with Crippen LogP contribution in [0.15, 0.2) is 97.1 Å². The molecule has 0 saturated carbocycles. The number of halogens is 2. The van der Waals surface area contributed by atoms with Crippen LogP contribution in [0, 0.1) is 25.7 Å². The Morgan fingerprint density at radius 3 is 1.17 bits per heavy atom. The predicted molar refractivity (Wildman–Crippen MR) is 243 cm³/mol.